The summed E-state index contributed by atoms with van der Waals surface area (Å²) in [6, 6.07) is 30.9. The fourth-order valence-corrected chi connectivity index (χ4v) is 16.7. The number of aryl methyl sites for hydroxylation is 2. The molecule has 4 nitrogen and oxygen atoms in total. The molecule has 0 aromatic heterocycles. The first-order valence-electron chi connectivity index (χ1n) is 28.1. The molecule has 0 aliphatic heterocycles. The summed E-state index contributed by atoms with van der Waals surface area (Å²) in [5.41, 5.74) is 21.9. The molecule has 0 amide bonds. The Morgan fingerprint density at radius 3 is 1.00 bits per heavy atom. The van der Waals surface area contributed by atoms with Gasteiger partial charge in [0, 0.05) is 10.9 Å². The van der Waals surface area contributed by atoms with Crippen molar-refractivity contribution in [3.05, 3.63) is 133 Å². The van der Waals surface area contributed by atoms with Gasteiger partial charge in [0.2, 0.25) is 0 Å². The zero-order valence-electron chi connectivity index (χ0n) is 52.0. The zero-order chi connectivity index (χ0) is 57.5. The molecule has 0 radical (unpaired) electrons. The van der Waals surface area contributed by atoms with E-state index in [9.17, 15) is 0 Å². The van der Waals surface area contributed by atoms with Crippen molar-refractivity contribution in [2.75, 3.05) is 28.4 Å². The number of rotatable bonds is 15. The van der Waals surface area contributed by atoms with E-state index in [-0.39, 0.29) is 10.3 Å². The lowest BCUT2D eigenvalue weighted by Crippen LogP contribution is -2.33. The van der Waals surface area contributed by atoms with Crippen molar-refractivity contribution in [3.8, 4) is 67.5 Å². The van der Waals surface area contributed by atoms with Crippen LogP contribution in [0, 0.1) is 17.4 Å². The average molecular weight is 1160 g/mol. The van der Waals surface area contributed by atoms with Crippen molar-refractivity contribution in [3.63, 3.8) is 0 Å². The maximum absolute atomic E-state index is 6.24. The molecule has 0 unspecified atom stereocenters. The van der Waals surface area contributed by atoms with Crippen molar-refractivity contribution >= 4 is 35.8 Å². The zero-order valence-corrected chi connectivity index (χ0v) is 55.1. The molecule has 0 aliphatic carbocycles. The molecule has 0 spiro atoms. The van der Waals surface area contributed by atoms with E-state index >= 15 is 0 Å². The first kappa shape index (κ1) is 64.2. The molecule has 414 valence electrons. The van der Waals surface area contributed by atoms with Gasteiger partial charge in [-0.2, -0.15) is 0 Å². The van der Waals surface area contributed by atoms with E-state index in [0.29, 0.717) is 35.5 Å². The molecule has 0 bridgehead atoms. The van der Waals surface area contributed by atoms with Gasteiger partial charge >= 0.3 is 0 Å². The minimum atomic E-state index is -0.621. The predicted octanol–water partition coefficient (Wildman–Crippen LogP) is 21.8. The fourth-order valence-electron chi connectivity index (χ4n) is 11.4. The van der Waals surface area contributed by atoms with Gasteiger partial charge in [0.25, 0.3) is 0 Å². The van der Waals surface area contributed by atoms with Gasteiger partial charge in [-0.05, 0) is 202 Å². The molecular formula is C70H98IO4P. The lowest BCUT2D eigenvalue weighted by Gasteiger charge is -2.44. The van der Waals surface area contributed by atoms with Crippen LogP contribution in [0.1, 0.15) is 218 Å². The number of hydrogen-bond donors (Lipinski definition) is 0. The van der Waals surface area contributed by atoms with Crippen molar-refractivity contribution in [2.45, 2.75) is 198 Å². The van der Waals surface area contributed by atoms with Crippen molar-refractivity contribution in [1.29, 1.82) is 0 Å². The van der Waals surface area contributed by atoms with Crippen LogP contribution >= 0.6 is 30.5 Å². The molecule has 6 aromatic carbocycles. The van der Waals surface area contributed by atoms with Crippen LogP contribution in [0.15, 0.2) is 84.9 Å². The van der Waals surface area contributed by atoms with Crippen LogP contribution < -0.4 is 24.3 Å². The summed E-state index contributed by atoms with van der Waals surface area (Å²) < 4.78 is 24.1. The Kier molecular flexibility index (Phi) is 22.8. The van der Waals surface area contributed by atoms with Crippen molar-refractivity contribution in [1.82, 2.24) is 0 Å². The smallest absolute Gasteiger partial charge is 0.132 e. The third-order valence-corrected chi connectivity index (χ3v) is 19.1. The van der Waals surface area contributed by atoms with Gasteiger partial charge in [-0.25, -0.2) is 0 Å². The van der Waals surface area contributed by atoms with E-state index in [2.05, 4.69) is 246 Å². The summed E-state index contributed by atoms with van der Waals surface area (Å²) in [5.74, 6) is 5.98. The molecule has 0 atom stereocenters. The predicted molar refractivity (Wildman–Crippen MR) is 345 cm³/mol. The lowest BCUT2D eigenvalue weighted by molar-refractivity contribution is 0.412. The monoisotopic (exact) mass is 1160 g/mol. The van der Waals surface area contributed by atoms with Crippen LogP contribution in [0.5, 0.6) is 23.0 Å². The van der Waals surface area contributed by atoms with Crippen LogP contribution in [0.3, 0.4) is 0 Å². The third-order valence-electron chi connectivity index (χ3n) is 14.4. The van der Waals surface area contributed by atoms with Crippen LogP contribution in [-0.4, -0.2) is 38.8 Å². The summed E-state index contributed by atoms with van der Waals surface area (Å²) >= 11 is 2.47. The highest BCUT2D eigenvalue weighted by Gasteiger charge is 2.41. The second-order valence-corrected chi connectivity index (χ2v) is 29.0. The lowest BCUT2D eigenvalue weighted by atomic mass is 9.75. The maximum Gasteiger partial charge on any atom is 0.132 e. The first-order chi connectivity index (χ1) is 35.6. The van der Waals surface area contributed by atoms with Crippen molar-refractivity contribution in [2.24, 2.45) is 0 Å². The van der Waals surface area contributed by atoms with E-state index in [1.165, 1.54) is 97.9 Å². The minimum Gasteiger partial charge on any atom is -0.497 e. The summed E-state index contributed by atoms with van der Waals surface area (Å²) in [5, 5.41) is 1.59. The minimum absolute atomic E-state index is 0.0933. The number of hydrogen-bond acceptors (Lipinski definition) is 4. The molecule has 6 rings (SSSR count). The van der Waals surface area contributed by atoms with E-state index in [1.807, 2.05) is 21.0 Å². The molecule has 0 aliphatic rings. The first-order valence-corrected chi connectivity index (χ1v) is 30.5. The summed E-state index contributed by atoms with van der Waals surface area (Å²) in [6.07, 6.45) is 0. The van der Waals surface area contributed by atoms with Gasteiger partial charge < -0.3 is 18.9 Å². The summed E-state index contributed by atoms with van der Waals surface area (Å²) in [4.78, 5) is 0. The molecule has 76 heavy (non-hydrogen) atoms. The number of methoxy groups -OCH3 is 4. The average Bonchev–Trinajstić information content (AvgIpc) is 3.35. The topological polar surface area (TPSA) is 36.9 Å². The standard InChI is InChI=1S/C38H55O2P.C30H37IO2.C2H6/c1-23(2)29-22-30(24(3)4)35(32(25(5)6)34(29)27-17-19-28(39-14)20-18-27)33-26(7)16-21-31(40-15)36(33)41(37(8,9)10)38(11,12)13;1-17(2)23-16-24(18(3)4)29(27-20(7)10-15-25(33-9)30(27)31)26(19(5)6)28(23)21-11-13-22(32-8)14-12-21;1-2/h16-25H,1-15H3;10-19H,1-9H3;1-2H3. The number of benzene rings is 6. The third kappa shape index (κ3) is 13.9. The number of halogens is 1. The van der Waals surface area contributed by atoms with Crippen LogP contribution in [0.25, 0.3) is 44.5 Å². The Labute approximate surface area is 478 Å². The highest BCUT2D eigenvalue weighted by molar-refractivity contribution is 14.1. The Balaban J connectivity index is 0.000000325. The highest BCUT2D eigenvalue weighted by Crippen LogP contribution is 2.62. The molecule has 0 saturated carbocycles. The molecular weight excluding hydrogens is 1060 g/mol. The van der Waals surface area contributed by atoms with E-state index in [1.54, 1.807) is 21.3 Å². The van der Waals surface area contributed by atoms with E-state index in [0.717, 1.165) is 23.0 Å². The van der Waals surface area contributed by atoms with E-state index < -0.39 is 7.92 Å². The number of ether oxygens (including phenoxy) is 4. The quantitative estimate of drug-likeness (QED) is 0.0758. The Bertz CT molecular complexity index is 2860. The summed E-state index contributed by atoms with van der Waals surface area (Å²) in [6.45, 7) is 50.9. The van der Waals surface area contributed by atoms with Crippen LogP contribution in [-0.2, 0) is 0 Å². The Morgan fingerprint density at radius 2 is 0.697 bits per heavy atom. The molecule has 6 aromatic rings. The SMILES string of the molecule is CC.COc1ccc(-c2c(C(C)C)cc(C(C)C)c(-c3c(C)ccc(OC)c3I)c2C(C)C)cc1.COc1ccc(-c2c(C(C)C)cc(C(C)C)c(-c3c(C)ccc(OC)c3P(C(C)(C)C)C(C)(C)C)c2C(C)C)cc1. The van der Waals surface area contributed by atoms with E-state index in [4.69, 9.17) is 18.9 Å². The second kappa shape index (κ2) is 27.0. The van der Waals surface area contributed by atoms with Gasteiger partial charge in [-0.15, -0.1) is 0 Å². The molecule has 0 saturated heterocycles. The van der Waals surface area contributed by atoms with Gasteiger partial charge in [-0.3, -0.25) is 0 Å². The highest BCUT2D eigenvalue weighted by atomic mass is 127. The Hall–Kier alpha value is -4.32. The van der Waals surface area contributed by atoms with Crippen LogP contribution in [0.4, 0.5) is 0 Å². The molecule has 0 fully saturated rings. The fraction of sp³-hybridized carbons (Fsp3) is 0.486. The van der Waals surface area contributed by atoms with Gasteiger partial charge in [0.05, 0.1) is 32.0 Å². The van der Waals surface area contributed by atoms with Gasteiger partial charge in [0.1, 0.15) is 23.0 Å². The Morgan fingerprint density at radius 1 is 0.382 bits per heavy atom. The second-order valence-electron chi connectivity index (χ2n) is 24.1. The molecule has 0 heterocycles. The van der Waals surface area contributed by atoms with Gasteiger partial charge in [-0.1, -0.05) is 195 Å². The normalized spacial score (nSPS) is 11.9. The maximum atomic E-state index is 6.24. The largest absolute Gasteiger partial charge is 0.497 e. The van der Waals surface area contributed by atoms with Crippen molar-refractivity contribution < 1.29 is 18.9 Å². The molecule has 0 N–H and O–H groups in total. The van der Waals surface area contributed by atoms with Gasteiger partial charge in [0.15, 0.2) is 0 Å². The molecule has 6 heteroatoms. The van der Waals surface area contributed by atoms with Crippen LogP contribution in [0.2, 0.25) is 0 Å². The summed E-state index contributed by atoms with van der Waals surface area (Å²) in [7, 11) is 6.43.